The van der Waals surface area contributed by atoms with Crippen LogP contribution in [0.5, 0.6) is 5.75 Å². The third kappa shape index (κ3) is 3.06. The van der Waals surface area contributed by atoms with Crippen molar-refractivity contribution in [1.82, 2.24) is 10.1 Å². The van der Waals surface area contributed by atoms with E-state index in [1.54, 1.807) is 22.3 Å². The van der Waals surface area contributed by atoms with Gasteiger partial charge in [-0.15, -0.1) is 11.3 Å². The molecule has 0 N–H and O–H groups in total. The molecule has 0 unspecified atom stereocenters. The molecule has 7 heteroatoms. The second-order valence-electron chi connectivity index (χ2n) is 5.41. The van der Waals surface area contributed by atoms with Gasteiger partial charge in [0.2, 0.25) is 5.82 Å². The zero-order chi connectivity index (χ0) is 17.2. The fraction of sp³-hybridized carbons (Fsp3) is 0.167. The van der Waals surface area contributed by atoms with E-state index in [-0.39, 0.29) is 12.5 Å². The molecule has 0 atom stereocenters. The summed E-state index contributed by atoms with van der Waals surface area (Å²) in [6.07, 6.45) is 3.71. The smallest absolute Gasteiger partial charge is 0.265 e. The Morgan fingerprint density at radius 1 is 1.32 bits per heavy atom. The van der Waals surface area contributed by atoms with E-state index in [2.05, 4.69) is 10.1 Å². The van der Waals surface area contributed by atoms with Gasteiger partial charge < -0.3 is 14.2 Å². The molecule has 25 heavy (non-hydrogen) atoms. The van der Waals surface area contributed by atoms with Crippen molar-refractivity contribution in [3.8, 4) is 17.1 Å². The molecule has 4 rings (SSSR count). The summed E-state index contributed by atoms with van der Waals surface area (Å²) in [6.45, 7) is 2.58. The summed E-state index contributed by atoms with van der Waals surface area (Å²) in [5, 5.41) is 6.04. The monoisotopic (exact) mass is 353 g/mol. The number of nitrogens with zero attached hydrogens (tertiary/aromatic N) is 3. The van der Waals surface area contributed by atoms with Crippen LogP contribution in [-0.2, 0) is 4.79 Å². The number of carbonyl (C=O) groups is 1. The van der Waals surface area contributed by atoms with Gasteiger partial charge in [0.1, 0.15) is 5.75 Å². The van der Waals surface area contributed by atoms with Gasteiger partial charge in [-0.05, 0) is 42.6 Å². The number of aromatic nitrogens is 2. The van der Waals surface area contributed by atoms with Gasteiger partial charge in [0.25, 0.3) is 11.8 Å². The zero-order valence-corrected chi connectivity index (χ0v) is 14.3. The summed E-state index contributed by atoms with van der Waals surface area (Å²) in [4.78, 5) is 19.2. The molecule has 0 saturated heterocycles. The lowest BCUT2D eigenvalue weighted by atomic mass is 10.1. The van der Waals surface area contributed by atoms with E-state index in [9.17, 15) is 4.79 Å². The van der Waals surface area contributed by atoms with E-state index >= 15 is 0 Å². The second kappa shape index (κ2) is 6.52. The van der Waals surface area contributed by atoms with E-state index in [1.807, 2.05) is 48.7 Å². The van der Waals surface area contributed by atoms with Gasteiger partial charge in [0, 0.05) is 23.1 Å². The van der Waals surface area contributed by atoms with E-state index in [0.717, 1.165) is 16.1 Å². The molecule has 0 radical (unpaired) electrons. The Labute approximate surface area is 148 Å². The summed E-state index contributed by atoms with van der Waals surface area (Å²) in [7, 11) is 0. The lowest BCUT2D eigenvalue weighted by Gasteiger charge is -2.28. The lowest BCUT2D eigenvalue weighted by Crippen LogP contribution is -2.38. The predicted molar refractivity (Wildman–Crippen MR) is 96.5 cm³/mol. The van der Waals surface area contributed by atoms with E-state index in [0.29, 0.717) is 24.0 Å². The molecule has 6 nitrogen and oxygen atoms in total. The maximum Gasteiger partial charge on any atom is 0.265 e. The lowest BCUT2D eigenvalue weighted by molar-refractivity contribution is -0.121. The molecule has 0 bridgehead atoms. The number of benzene rings is 1. The SMILES string of the molecule is CCN1C(=O)COc2ccc(-c3noc(C=Cc4cccs4)n3)cc21. The molecular weight excluding hydrogens is 338 g/mol. The Morgan fingerprint density at radius 2 is 2.24 bits per heavy atom. The van der Waals surface area contributed by atoms with Crippen LogP contribution in [0, 0.1) is 0 Å². The summed E-state index contributed by atoms with van der Waals surface area (Å²) in [5.41, 5.74) is 1.51. The maximum absolute atomic E-state index is 12.0. The van der Waals surface area contributed by atoms with Gasteiger partial charge in [0.05, 0.1) is 5.69 Å². The number of ether oxygens (including phenoxy) is 1. The summed E-state index contributed by atoms with van der Waals surface area (Å²) < 4.78 is 10.8. The Balaban J connectivity index is 1.63. The number of likely N-dealkylation sites (N-methyl/N-ethyl adjacent to an activating group) is 1. The highest BCUT2D eigenvalue weighted by Crippen LogP contribution is 2.35. The molecule has 1 aromatic carbocycles. The number of hydrogen-bond acceptors (Lipinski definition) is 6. The number of fused-ring (bicyclic) bond motifs is 1. The Hall–Kier alpha value is -2.93. The van der Waals surface area contributed by atoms with Crippen molar-refractivity contribution in [2.45, 2.75) is 6.92 Å². The fourth-order valence-corrected chi connectivity index (χ4v) is 3.27. The molecule has 1 aliphatic rings. The molecule has 0 saturated carbocycles. The number of carbonyl (C=O) groups excluding carboxylic acids is 1. The van der Waals surface area contributed by atoms with Crippen LogP contribution in [0.1, 0.15) is 17.7 Å². The molecule has 126 valence electrons. The Morgan fingerprint density at radius 3 is 3.04 bits per heavy atom. The van der Waals surface area contributed by atoms with Crippen LogP contribution in [0.4, 0.5) is 5.69 Å². The largest absolute Gasteiger partial charge is 0.482 e. The highest BCUT2D eigenvalue weighted by molar-refractivity contribution is 7.10. The topological polar surface area (TPSA) is 68.5 Å². The van der Waals surface area contributed by atoms with Crippen molar-refractivity contribution in [3.63, 3.8) is 0 Å². The Kier molecular flexibility index (Phi) is 4.07. The van der Waals surface area contributed by atoms with Gasteiger partial charge in [0.15, 0.2) is 6.61 Å². The second-order valence-corrected chi connectivity index (χ2v) is 6.39. The minimum atomic E-state index is -0.0557. The van der Waals surface area contributed by atoms with E-state index < -0.39 is 0 Å². The number of amides is 1. The van der Waals surface area contributed by atoms with Gasteiger partial charge in [-0.1, -0.05) is 11.2 Å². The summed E-state index contributed by atoms with van der Waals surface area (Å²) >= 11 is 1.64. The molecule has 0 aliphatic carbocycles. The van der Waals surface area contributed by atoms with Gasteiger partial charge in [-0.3, -0.25) is 4.79 Å². The van der Waals surface area contributed by atoms with E-state index in [1.165, 1.54) is 0 Å². The molecule has 0 fully saturated rings. The standard InChI is InChI=1S/C18H15N3O3S/c1-2-21-14-10-12(5-7-15(14)23-11-17(21)22)18-19-16(24-20-18)8-6-13-4-3-9-25-13/h3-10H,2,11H2,1H3. The third-order valence-corrected chi connectivity index (χ3v) is 4.69. The van der Waals surface area contributed by atoms with Crippen LogP contribution in [0.3, 0.4) is 0 Å². The maximum atomic E-state index is 12.0. The van der Waals surface area contributed by atoms with Crippen LogP contribution >= 0.6 is 11.3 Å². The Bertz CT molecular complexity index is 931. The van der Waals surface area contributed by atoms with Gasteiger partial charge in [-0.25, -0.2) is 0 Å². The minimum absolute atomic E-state index is 0.0557. The van der Waals surface area contributed by atoms with Crippen molar-refractivity contribution >= 4 is 35.1 Å². The van der Waals surface area contributed by atoms with Crippen LogP contribution < -0.4 is 9.64 Å². The highest BCUT2D eigenvalue weighted by Gasteiger charge is 2.25. The van der Waals surface area contributed by atoms with Crippen LogP contribution in [-0.4, -0.2) is 29.2 Å². The number of anilines is 1. The molecule has 0 spiro atoms. The molecule has 1 aliphatic heterocycles. The predicted octanol–water partition coefficient (Wildman–Crippen LogP) is 3.71. The first-order valence-electron chi connectivity index (χ1n) is 7.87. The molecule has 2 aromatic heterocycles. The van der Waals surface area contributed by atoms with Crippen LogP contribution in [0.15, 0.2) is 40.2 Å². The summed E-state index contributed by atoms with van der Waals surface area (Å²) in [5.74, 6) is 1.54. The molecule has 3 heterocycles. The molecular formula is C18H15N3O3S. The van der Waals surface area contributed by atoms with Crippen molar-refractivity contribution in [2.75, 3.05) is 18.1 Å². The summed E-state index contributed by atoms with van der Waals surface area (Å²) in [6, 6.07) is 9.54. The normalized spacial score (nSPS) is 14.0. The molecule has 1 amide bonds. The zero-order valence-electron chi connectivity index (χ0n) is 13.5. The number of hydrogen-bond donors (Lipinski definition) is 0. The average molecular weight is 353 g/mol. The first kappa shape index (κ1) is 15.6. The average Bonchev–Trinajstić information content (AvgIpc) is 3.31. The number of thiophene rings is 1. The number of rotatable bonds is 4. The quantitative estimate of drug-likeness (QED) is 0.715. The van der Waals surface area contributed by atoms with Crippen molar-refractivity contribution in [3.05, 3.63) is 46.5 Å². The fourth-order valence-electron chi connectivity index (χ4n) is 2.65. The highest BCUT2D eigenvalue weighted by atomic mass is 32.1. The van der Waals surface area contributed by atoms with Crippen LogP contribution in [0.25, 0.3) is 23.5 Å². The molecule has 3 aromatic rings. The first-order chi connectivity index (χ1) is 12.2. The van der Waals surface area contributed by atoms with Gasteiger partial charge in [-0.2, -0.15) is 4.98 Å². The van der Waals surface area contributed by atoms with Crippen LogP contribution in [0.2, 0.25) is 0 Å². The van der Waals surface area contributed by atoms with E-state index in [4.69, 9.17) is 9.26 Å². The van der Waals surface area contributed by atoms with Crippen molar-refractivity contribution in [2.24, 2.45) is 0 Å². The third-order valence-electron chi connectivity index (χ3n) is 3.85. The van der Waals surface area contributed by atoms with Crippen molar-refractivity contribution < 1.29 is 14.1 Å². The van der Waals surface area contributed by atoms with Gasteiger partial charge >= 0.3 is 0 Å². The van der Waals surface area contributed by atoms with Crippen molar-refractivity contribution in [1.29, 1.82) is 0 Å². The first-order valence-corrected chi connectivity index (χ1v) is 8.75. The minimum Gasteiger partial charge on any atom is -0.482 e.